The molecule has 1 N–H and O–H groups in total. The molecule has 1 aliphatic rings. The predicted octanol–water partition coefficient (Wildman–Crippen LogP) is 3.31. The second-order valence-electron chi connectivity index (χ2n) is 6.81. The molecule has 9 heteroatoms. The number of hydrogen-bond donors (Lipinski definition) is 1. The Hall–Kier alpha value is -1.90. The van der Waals surface area contributed by atoms with E-state index in [9.17, 15) is 22.8 Å². The van der Waals surface area contributed by atoms with Crippen LogP contribution in [0.15, 0.2) is 11.1 Å². The molecule has 142 valence electrons. The monoisotopic (exact) mass is 387 g/mol. The highest BCUT2D eigenvalue weighted by molar-refractivity contribution is 7.18. The Bertz CT molecular complexity index is 888. The molecule has 0 aromatic carbocycles. The van der Waals surface area contributed by atoms with E-state index >= 15 is 0 Å². The Balaban J connectivity index is 1.71. The maximum absolute atomic E-state index is 12.9. The van der Waals surface area contributed by atoms with Gasteiger partial charge in [0.25, 0.3) is 5.56 Å². The highest BCUT2D eigenvalue weighted by Crippen LogP contribution is 2.37. The van der Waals surface area contributed by atoms with Crippen molar-refractivity contribution in [3.8, 4) is 0 Å². The van der Waals surface area contributed by atoms with Crippen molar-refractivity contribution in [2.24, 2.45) is 5.92 Å². The lowest BCUT2D eigenvalue weighted by atomic mass is 9.85. The number of carbonyl (C=O) groups is 1. The quantitative estimate of drug-likeness (QED) is 0.879. The lowest BCUT2D eigenvalue weighted by Crippen LogP contribution is -2.43. The zero-order valence-corrected chi connectivity index (χ0v) is 15.3. The summed E-state index contributed by atoms with van der Waals surface area (Å²) in [7, 11) is 0. The van der Waals surface area contributed by atoms with Crippen molar-refractivity contribution in [2.45, 2.75) is 58.3 Å². The average Bonchev–Trinajstić information content (AvgIpc) is 2.85. The summed E-state index contributed by atoms with van der Waals surface area (Å²) in [4.78, 5) is 30.7. The Morgan fingerprint density at radius 2 is 2.12 bits per heavy atom. The SMILES string of the molecule is Cc1sc2ncn(CC(=O)NC3CCCC(C(F)(F)F)C3)c(=O)c2c1C. The number of alkyl halides is 3. The number of halogens is 3. The van der Waals surface area contributed by atoms with Crippen molar-refractivity contribution >= 4 is 27.5 Å². The van der Waals surface area contributed by atoms with Gasteiger partial charge in [-0.3, -0.25) is 14.2 Å². The molecular formula is C17H20F3N3O2S. The number of thiophene rings is 1. The van der Waals surface area contributed by atoms with Gasteiger partial charge < -0.3 is 5.32 Å². The van der Waals surface area contributed by atoms with E-state index in [2.05, 4.69) is 10.3 Å². The van der Waals surface area contributed by atoms with Gasteiger partial charge in [-0.05, 0) is 38.7 Å². The van der Waals surface area contributed by atoms with Gasteiger partial charge in [0.2, 0.25) is 5.91 Å². The summed E-state index contributed by atoms with van der Waals surface area (Å²) in [5.41, 5.74) is 0.543. The summed E-state index contributed by atoms with van der Waals surface area (Å²) in [5, 5.41) is 3.14. The smallest absolute Gasteiger partial charge is 0.352 e. The van der Waals surface area contributed by atoms with Crippen LogP contribution in [-0.4, -0.2) is 27.7 Å². The first-order chi connectivity index (χ1) is 12.2. The molecule has 0 spiro atoms. The summed E-state index contributed by atoms with van der Waals surface area (Å²) >= 11 is 1.42. The number of rotatable bonds is 3. The van der Waals surface area contributed by atoms with E-state index in [1.165, 1.54) is 22.2 Å². The second-order valence-corrected chi connectivity index (χ2v) is 8.01. The van der Waals surface area contributed by atoms with Gasteiger partial charge >= 0.3 is 6.18 Å². The van der Waals surface area contributed by atoms with Gasteiger partial charge in [-0.15, -0.1) is 11.3 Å². The van der Waals surface area contributed by atoms with Gasteiger partial charge in [0.1, 0.15) is 11.4 Å². The standard InChI is InChI=1S/C17H20F3N3O2S/c1-9-10(2)26-15-14(9)16(25)23(8-21-15)7-13(24)22-12-5-3-4-11(6-12)17(18,19)20/h8,11-12H,3-7H2,1-2H3,(H,22,24). The molecule has 1 aliphatic carbocycles. The van der Waals surface area contributed by atoms with Gasteiger partial charge in [-0.25, -0.2) is 4.98 Å². The van der Waals surface area contributed by atoms with Gasteiger partial charge in [-0.1, -0.05) is 6.42 Å². The Morgan fingerprint density at radius 3 is 2.81 bits per heavy atom. The molecule has 0 aliphatic heterocycles. The molecule has 1 amide bonds. The fourth-order valence-corrected chi connectivity index (χ4v) is 4.42. The van der Waals surface area contributed by atoms with E-state index in [4.69, 9.17) is 0 Å². The molecule has 0 radical (unpaired) electrons. The maximum Gasteiger partial charge on any atom is 0.391 e. The van der Waals surface area contributed by atoms with Crippen molar-refractivity contribution < 1.29 is 18.0 Å². The van der Waals surface area contributed by atoms with Crippen LogP contribution < -0.4 is 10.9 Å². The van der Waals surface area contributed by atoms with E-state index in [1.807, 2.05) is 13.8 Å². The fourth-order valence-electron chi connectivity index (χ4n) is 3.43. The zero-order valence-electron chi connectivity index (χ0n) is 14.5. The molecule has 2 heterocycles. The van der Waals surface area contributed by atoms with Crippen LogP contribution >= 0.6 is 11.3 Å². The molecule has 2 atom stereocenters. The number of aryl methyl sites for hydroxylation is 2. The van der Waals surface area contributed by atoms with Crippen LogP contribution in [0.2, 0.25) is 0 Å². The third-order valence-corrected chi connectivity index (χ3v) is 6.09. The van der Waals surface area contributed by atoms with Crippen molar-refractivity contribution in [2.75, 3.05) is 0 Å². The van der Waals surface area contributed by atoms with Crippen molar-refractivity contribution in [3.05, 3.63) is 27.1 Å². The fraction of sp³-hybridized carbons (Fsp3) is 0.588. The summed E-state index contributed by atoms with van der Waals surface area (Å²) in [6.07, 6.45) is -1.97. The minimum Gasteiger partial charge on any atom is -0.352 e. The van der Waals surface area contributed by atoms with E-state index in [-0.39, 0.29) is 24.9 Å². The van der Waals surface area contributed by atoms with Crippen LogP contribution in [0.1, 0.15) is 36.1 Å². The second kappa shape index (κ2) is 7.02. The average molecular weight is 387 g/mol. The Morgan fingerprint density at radius 1 is 1.38 bits per heavy atom. The van der Waals surface area contributed by atoms with Gasteiger partial charge in [0.15, 0.2) is 0 Å². The minimum atomic E-state index is -4.23. The van der Waals surface area contributed by atoms with Crippen LogP contribution in [0, 0.1) is 19.8 Å². The van der Waals surface area contributed by atoms with Crippen LogP contribution in [0.5, 0.6) is 0 Å². The molecule has 1 saturated carbocycles. The molecule has 5 nitrogen and oxygen atoms in total. The number of nitrogens with one attached hydrogen (secondary N) is 1. The normalized spacial score (nSPS) is 21.1. The predicted molar refractivity (Wildman–Crippen MR) is 93.3 cm³/mol. The molecule has 0 bridgehead atoms. The van der Waals surface area contributed by atoms with E-state index in [0.717, 1.165) is 10.4 Å². The van der Waals surface area contributed by atoms with Crippen LogP contribution in [-0.2, 0) is 11.3 Å². The first kappa shape index (κ1) is 18.9. The Kier molecular flexibility index (Phi) is 5.09. The zero-order chi connectivity index (χ0) is 19.1. The van der Waals surface area contributed by atoms with Gasteiger partial charge in [0.05, 0.1) is 17.6 Å². The number of aromatic nitrogens is 2. The van der Waals surface area contributed by atoms with Gasteiger partial charge in [-0.2, -0.15) is 13.2 Å². The summed E-state index contributed by atoms with van der Waals surface area (Å²) in [6, 6.07) is -0.514. The van der Waals surface area contributed by atoms with Crippen LogP contribution in [0.25, 0.3) is 10.2 Å². The maximum atomic E-state index is 12.9. The number of fused-ring (bicyclic) bond motifs is 1. The lowest BCUT2D eigenvalue weighted by molar-refractivity contribution is -0.184. The number of amides is 1. The van der Waals surface area contributed by atoms with E-state index in [1.54, 1.807) is 0 Å². The first-order valence-electron chi connectivity index (χ1n) is 8.48. The molecule has 2 aromatic heterocycles. The molecule has 0 saturated heterocycles. The molecular weight excluding hydrogens is 367 g/mol. The van der Waals surface area contributed by atoms with Crippen molar-refractivity contribution in [1.29, 1.82) is 0 Å². The van der Waals surface area contributed by atoms with E-state index in [0.29, 0.717) is 23.1 Å². The first-order valence-corrected chi connectivity index (χ1v) is 9.29. The molecule has 1 fully saturated rings. The number of hydrogen-bond acceptors (Lipinski definition) is 4. The summed E-state index contributed by atoms with van der Waals surface area (Å²) in [6.45, 7) is 3.49. The minimum absolute atomic E-state index is 0.104. The largest absolute Gasteiger partial charge is 0.391 e. The lowest BCUT2D eigenvalue weighted by Gasteiger charge is -2.31. The third kappa shape index (κ3) is 3.77. The highest BCUT2D eigenvalue weighted by Gasteiger charge is 2.42. The Labute approximate surface area is 152 Å². The van der Waals surface area contributed by atoms with Crippen molar-refractivity contribution in [3.63, 3.8) is 0 Å². The van der Waals surface area contributed by atoms with Crippen molar-refractivity contribution in [1.82, 2.24) is 14.9 Å². The topological polar surface area (TPSA) is 64.0 Å². The van der Waals surface area contributed by atoms with Gasteiger partial charge in [0, 0.05) is 10.9 Å². The molecule has 26 heavy (non-hydrogen) atoms. The highest BCUT2D eigenvalue weighted by atomic mass is 32.1. The number of nitrogens with zero attached hydrogens (tertiary/aromatic N) is 2. The molecule has 2 unspecified atom stereocenters. The number of carbonyl (C=O) groups excluding carboxylic acids is 1. The molecule has 2 aromatic rings. The summed E-state index contributed by atoms with van der Waals surface area (Å²) in [5.74, 6) is -1.84. The third-order valence-electron chi connectivity index (χ3n) is 4.97. The van der Waals surface area contributed by atoms with Crippen LogP contribution in [0.3, 0.4) is 0 Å². The molecule has 3 rings (SSSR count). The summed E-state index contributed by atoms with van der Waals surface area (Å²) < 4.78 is 39.8. The van der Waals surface area contributed by atoms with E-state index < -0.39 is 24.0 Å². The van der Waals surface area contributed by atoms with Crippen LogP contribution in [0.4, 0.5) is 13.2 Å².